The summed E-state index contributed by atoms with van der Waals surface area (Å²) in [5.41, 5.74) is 2.59. The van der Waals surface area contributed by atoms with Crippen molar-refractivity contribution < 1.29 is 9.59 Å². The molecule has 1 fully saturated rings. The summed E-state index contributed by atoms with van der Waals surface area (Å²) in [6, 6.07) is 8.38. The van der Waals surface area contributed by atoms with E-state index in [2.05, 4.69) is 32.3 Å². The quantitative estimate of drug-likeness (QED) is 0.893. The zero-order valence-electron chi connectivity index (χ0n) is 14.3. The van der Waals surface area contributed by atoms with Crippen molar-refractivity contribution in [2.24, 2.45) is 0 Å². The first kappa shape index (κ1) is 16.3. The highest BCUT2D eigenvalue weighted by Crippen LogP contribution is 2.26. The first-order chi connectivity index (χ1) is 12.7. The second kappa shape index (κ2) is 6.95. The lowest BCUT2D eigenvalue weighted by Gasteiger charge is -2.35. The zero-order chi connectivity index (χ0) is 17.9. The van der Waals surface area contributed by atoms with Gasteiger partial charge in [-0.2, -0.15) is 0 Å². The van der Waals surface area contributed by atoms with E-state index < -0.39 is 0 Å². The minimum Gasteiger partial charge on any atom is -0.352 e. The van der Waals surface area contributed by atoms with Crippen LogP contribution in [-0.2, 0) is 6.42 Å². The molecule has 0 unspecified atom stereocenters. The van der Waals surface area contributed by atoms with Crippen LogP contribution in [0.1, 0.15) is 21.6 Å². The van der Waals surface area contributed by atoms with Crippen molar-refractivity contribution in [3.63, 3.8) is 0 Å². The topological polar surface area (TPSA) is 78.4 Å². The van der Waals surface area contributed by atoms with E-state index in [1.54, 1.807) is 35.5 Å². The summed E-state index contributed by atoms with van der Waals surface area (Å²) < 4.78 is 0. The standard InChI is InChI=1S/C19H19N5O2/c25-18(14-5-2-1-3-6-14)22-19(26)24-11-9-23(10-12-24)17-15-7-4-8-16(15)20-13-21-17/h1-7,13H,8-12H2,(H,22,25,26). The number of piperazine rings is 1. The SMILES string of the molecule is O=C(NC(=O)N1CCN(c2ncnc3c2C=CC3)CC1)c1ccccc1. The van der Waals surface area contributed by atoms with Gasteiger partial charge in [-0.1, -0.05) is 30.4 Å². The number of anilines is 1. The number of hydrogen-bond donors (Lipinski definition) is 1. The highest BCUT2D eigenvalue weighted by atomic mass is 16.2. The van der Waals surface area contributed by atoms with Crippen molar-refractivity contribution in [1.29, 1.82) is 0 Å². The van der Waals surface area contributed by atoms with Crippen molar-refractivity contribution in [2.75, 3.05) is 31.1 Å². The van der Waals surface area contributed by atoms with Crippen LogP contribution in [0.5, 0.6) is 0 Å². The Morgan fingerprint density at radius 3 is 2.54 bits per heavy atom. The van der Waals surface area contributed by atoms with Crippen molar-refractivity contribution >= 4 is 23.8 Å². The highest BCUT2D eigenvalue weighted by molar-refractivity contribution is 6.04. The minimum atomic E-state index is -0.378. The van der Waals surface area contributed by atoms with E-state index in [0.29, 0.717) is 31.7 Å². The number of aromatic nitrogens is 2. The second-order valence-corrected chi connectivity index (χ2v) is 6.26. The lowest BCUT2D eigenvalue weighted by Crippen LogP contribution is -2.53. The molecule has 0 radical (unpaired) electrons. The number of rotatable bonds is 2. The first-order valence-electron chi connectivity index (χ1n) is 8.63. The van der Waals surface area contributed by atoms with Gasteiger partial charge < -0.3 is 9.80 Å². The Morgan fingerprint density at radius 2 is 1.77 bits per heavy atom. The number of urea groups is 1. The molecule has 26 heavy (non-hydrogen) atoms. The minimum absolute atomic E-state index is 0.355. The van der Waals surface area contributed by atoms with Crippen LogP contribution in [-0.4, -0.2) is 53.0 Å². The summed E-state index contributed by atoms with van der Waals surface area (Å²) in [4.78, 5) is 37.0. The zero-order valence-corrected chi connectivity index (χ0v) is 14.3. The Hall–Kier alpha value is -3.22. The molecule has 3 amide bonds. The molecule has 0 bridgehead atoms. The van der Waals surface area contributed by atoms with Gasteiger partial charge in [0, 0.05) is 43.7 Å². The average molecular weight is 349 g/mol. The van der Waals surface area contributed by atoms with Crippen LogP contribution in [0, 0.1) is 0 Å². The maximum atomic E-state index is 12.4. The van der Waals surface area contributed by atoms with Gasteiger partial charge in [-0.25, -0.2) is 14.8 Å². The van der Waals surface area contributed by atoms with Gasteiger partial charge in [0.2, 0.25) is 0 Å². The number of nitrogens with one attached hydrogen (secondary N) is 1. The summed E-state index contributed by atoms with van der Waals surface area (Å²) in [6.45, 7) is 2.42. The third kappa shape index (κ3) is 3.15. The number of carbonyl (C=O) groups excluding carboxylic acids is 2. The van der Waals surface area contributed by atoms with E-state index in [1.807, 2.05) is 6.07 Å². The Labute approximate surface area is 151 Å². The molecule has 4 rings (SSSR count). The largest absolute Gasteiger partial charge is 0.352 e. The molecule has 0 atom stereocenters. The summed E-state index contributed by atoms with van der Waals surface area (Å²) in [6.07, 6.45) is 6.58. The molecule has 2 heterocycles. The van der Waals surface area contributed by atoms with Gasteiger partial charge in [0.1, 0.15) is 12.1 Å². The number of amides is 3. The number of carbonyl (C=O) groups is 2. The number of benzene rings is 1. The van der Waals surface area contributed by atoms with Gasteiger partial charge in [0.25, 0.3) is 5.91 Å². The van der Waals surface area contributed by atoms with E-state index >= 15 is 0 Å². The molecule has 7 nitrogen and oxygen atoms in total. The molecule has 1 N–H and O–H groups in total. The molecule has 2 aliphatic rings. The van der Waals surface area contributed by atoms with Crippen molar-refractivity contribution in [3.8, 4) is 0 Å². The molecule has 0 spiro atoms. The fourth-order valence-corrected chi connectivity index (χ4v) is 3.25. The van der Waals surface area contributed by atoms with Crippen LogP contribution >= 0.6 is 0 Å². The number of fused-ring (bicyclic) bond motifs is 1. The third-order valence-corrected chi connectivity index (χ3v) is 4.66. The van der Waals surface area contributed by atoms with Crippen molar-refractivity contribution in [3.05, 3.63) is 59.6 Å². The van der Waals surface area contributed by atoms with Gasteiger partial charge in [0.05, 0.1) is 5.69 Å². The highest BCUT2D eigenvalue weighted by Gasteiger charge is 2.25. The Bertz CT molecular complexity index is 857. The molecule has 0 saturated carbocycles. The Morgan fingerprint density at radius 1 is 1.00 bits per heavy atom. The molecular weight excluding hydrogens is 330 g/mol. The number of imide groups is 1. The maximum absolute atomic E-state index is 12.4. The van der Waals surface area contributed by atoms with Crippen LogP contribution in [0.2, 0.25) is 0 Å². The van der Waals surface area contributed by atoms with Crippen LogP contribution < -0.4 is 10.2 Å². The molecule has 132 valence electrons. The predicted molar refractivity (Wildman–Crippen MR) is 97.9 cm³/mol. The maximum Gasteiger partial charge on any atom is 0.324 e. The molecule has 1 aliphatic heterocycles. The molecule has 2 aromatic rings. The van der Waals surface area contributed by atoms with E-state index in [0.717, 1.165) is 23.5 Å². The second-order valence-electron chi connectivity index (χ2n) is 6.26. The van der Waals surface area contributed by atoms with Gasteiger partial charge in [-0.05, 0) is 12.1 Å². The lowest BCUT2D eigenvalue weighted by molar-refractivity contribution is 0.0951. The summed E-state index contributed by atoms with van der Waals surface area (Å²) in [5.74, 6) is 0.543. The molecule has 1 aromatic heterocycles. The van der Waals surface area contributed by atoms with Crippen LogP contribution in [0.3, 0.4) is 0 Å². The average Bonchev–Trinajstić information content (AvgIpc) is 3.17. The monoisotopic (exact) mass is 349 g/mol. The number of allylic oxidation sites excluding steroid dienone is 1. The summed E-state index contributed by atoms with van der Waals surface area (Å²) in [7, 11) is 0. The van der Waals surface area contributed by atoms with Crippen molar-refractivity contribution in [1.82, 2.24) is 20.2 Å². The van der Waals surface area contributed by atoms with E-state index in [4.69, 9.17) is 0 Å². The Balaban J connectivity index is 1.37. The van der Waals surface area contributed by atoms with Gasteiger partial charge >= 0.3 is 6.03 Å². The van der Waals surface area contributed by atoms with Gasteiger partial charge in [-0.15, -0.1) is 0 Å². The number of nitrogens with zero attached hydrogens (tertiary/aromatic N) is 4. The van der Waals surface area contributed by atoms with Crippen LogP contribution in [0.15, 0.2) is 42.7 Å². The fraction of sp³-hybridized carbons (Fsp3) is 0.263. The predicted octanol–water partition coefficient (Wildman–Crippen LogP) is 1.72. The van der Waals surface area contributed by atoms with Gasteiger partial charge in [0.15, 0.2) is 0 Å². The fourth-order valence-electron chi connectivity index (χ4n) is 3.25. The molecule has 1 aromatic carbocycles. The Kier molecular flexibility index (Phi) is 4.35. The lowest BCUT2D eigenvalue weighted by atomic mass is 10.2. The van der Waals surface area contributed by atoms with Crippen LogP contribution in [0.25, 0.3) is 6.08 Å². The molecular formula is C19H19N5O2. The smallest absolute Gasteiger partial charge is 0.324 e. The van der Waals surface area contributed by atoms with E-state index in [9.17, 15) is 9.59 Å². The van der Waals surface area contributed by atoms with E-state index in [1.165, 1.54) is 0 Å². The molecule has 1 aliphatic carbocycles. The van der Waals surface area contributed by atoms with Gasteiger partial charge in [-0.3, -0.25) is 10.1 Å². The molecule has 1 saturated heterocycles. The first-order valence-corrected chi connectivity index (χ1v) is 8.63. The third-order valence-electron chi connectivity index (χ3n) is 4.66. The molecule has 7 heteroatoms. The van der Waals surface area contributed by atoms with E-state index in [-0.39, 0.29) is 11.9 Å². The summed E-state index contributed by atoms with van der Waals surface area (Å²) >= 11 is 0. The number of hydrogen-bond acceptors (Lipinski definition) is 5. The normalized spacial score (nSPS) is 15.7. The van der Waals surface area contributed by atoms with Crippen molar-refractivity contribution in [2.45, 2.75) is 6.42 Å². The van der Waals surface area contributed by atoms with Crippen LogP contribution in [0.4, 0.5) is 10.6 Å². The summed E-state index contributed by atoms with van der Waals surface area (Å²) in [5, 5.41) is 2.45.